The third-order valence-corrected chi connectivity index (χ3v) is 4.72. The zero-order valence-electron chi connectivity index (χ0n) is 9.41. The molecule has 0 aliphatic carbocycles. The number of hydrogen-bond acceptors (Lipinski definition) is 2. The summed E-state index contributed by atoms with van der Waals surface area (Å²) in [5.41, 5.74) is 2.60. The molecule has 0 saturated carbocycles. The summed E-state index contributed by atoms with van der Waals surface area (Å²) in [7, 11) is 1.99. The number of hydrogen-bond donors (Lipinski definition) is 1. The Labute approximate surface area is 119 Å². The molecule has 17 heavy (non-hydrogen) atoms. The van der Waals surface area contributed by atoms with Crippen molar-refractivity contribution in [3.05, 3.63) is 55.6 Å². The van der Waals surface area contributed by atoms with Gasteiger partial charge in [0.1, 0.15) is 0 Å². The summed E-state index contributed by atoms with van der Waals surface area (Å²) >= 11 is 11.2. The van der Waals surface area contributed by atoms with Crippen LogP contribution in [0.1, 0.15) is 17.2 Å². The molecule has 0 fully saturated rings. The minimum absolute atomic E-state index is 0.330. The van der Waals surface area contributed by atoms with Gasteiger partial charge in [-0.15, -0.1) is 0 Å². The quantitative estimate of drug-likeness (QED) is 0.859. The van der Waals surface area contributed by atoms with Crippen LogP contribution in [-0.4, -0.2) is 7.05 Å². The van der Waals surface area contributed by atoms with Gasteiger partial charge in [0, 0.05) is 20.9 Å². The van der Waals surface area contributed by atoms with Crippen LogP contribution >= 0.6 is 38.9 Å². The summed E-state index contributed by atoms with van der Waals surface area (Å²) < 4.78 is 1.18. The van der Waals surface area contributed by atoms with Gasteiger partial charge < -0.3 is 5.32 Å². The van der Waals surface area contributed by atoms with E-state index in [2.05, 4.69) is 44.1 Å². The normalized spacial score (nSPS) is 12.6. The molecule has 1 heterocycles. The minimum Gasteiger partial charge on any atom is -0.313 e. The van der Waals surface area contributed by atoms with Gasteiger partial charge in [-0.1, -0.05) is 23.7 Å². The average Bonchev–Trinajstić information content (AvgIpc) is 2.75. The Morgan fingerprint density at radius 1 is 1.29 bits per heavy atom. The number of thiophene rings is 1. The van der Waals surface area contributed by atoms with E-state index >= 15 is 0 Å². The number of nitrogens with one attached hydrogen (secondary N) is 1. The molecule has 1 N–H and O–H groups in total. The van der Waals surface area contributed by atoms with Crippen molar-refractivity contribution < 1.29 is 0 Å². The monoisotopic (exact) mass is 329 g/mol. The van der Waals surface area contributed by atoms with E-state index in [1.54, 1.807) is 11.3 Å². The smallest absolute Gasteiger partial charge is 0.0406 e. The van der Waals surface area contributed by atoms with Gasteiger partial charge in [0.2, 0.25) is 0 Å². The number of likely N-dealkylation sites (N-methyl/N-ethyl adjacent to an activating group) is 1. The van der Waals surface area contributed by atoms with Gasteiger partial charge in [-0.3, -0.25) is 0 Å². The SMILES string of the molecule is CNC(Cc1ccc(Cl)cc1)c1cscc1Br. The van der Waals surface area contributed by atoms with Crippen molar-refractivity contribution in [2.45, 2.75) is 12.5 Å². The van der Waals surface area contributed by atoms with Gasteiger partial charge in [0.05, 0.1) is 0 Å². The van der Waals surface area contributed by atoms with Crippen LogP contribution in [-0.2, 0) is 6.42 Å². The Hall–Kier alpha value is -0.350. The molecule has 1 unspecified atom stereocenters. The number of benzene rings is 1. The molecule has 4 heteroatoms. The summed E-state index contributed by atoms with van der Waals surface area (Å²) in [5.74, 6) is 0. The number of halogens is 2. The van der Waals surface area contributed by atoms with E-state index in [0.29, 0.717) is 6.04 Å². The van der Waals surface area contributed by atoms with Crippen molar-refractivity contribution >= 4 is 38.9 Å². The molecule has 0 aliphatic rings. The first-order valence-corrected chi connectivity index (χ1v) is 7.45. The van der Waals surface area contributed by atoms with Crippen molar-refractivity contribution in [3.8, 4) is 0 Å². The van der Waals surface area contributed by atoms with Crippen LogP contribution in [0.4, 0.5) is 0 Å². The Morgan fingerprint density at radius 2 is 2.00 bits per heavy atom. The third-order valence-electron chi connectivity index (χ3n) is 2.72. The zero-order valence-corrected chi connectivity index (χ0v) is 12.6. The van der Waals surface area contributed by atoms with Crippen LogP contribution in [0.25, 0.3) is 0 Å². The van der Waals surface area contributed by atoms with Gasteiger partial charge >= 0.3 is 0 Å². The molecule has 0 radical (unpaired) electrons. The Kier molecular flexibility index (Phi) is 4.62. The first-order valence-electron chi connectivity index (χ1n) is 5.34. The lowest BCUT2D eigenvalue weighted by molar-refractivity contribution is 0.592. The highest BCUT2D eigenvalue weighted by atomic mass is 79.9. The van der Waals surface area contributed by atoms with Gasteiger partial charge in [-0.05, 0) is 58.0 Å². The van der Waals surface area contributed by atoms with Gasteiger partial charge in [-0.2, -0.15) is 11.3 Å². The van der Waals surface area contributed by atoms with E-state index in [4.69, 9.17) is 11.6 Å². The minimum atomic E-state index is 0.330. The third kappa shape index (κ3) is 3.32. The van der Waals surface area contributed by atoms with Crippen molar-refractivity contribution in [2.75, 3.05) is 7.05 Å². The lowest BCUT2D eigenvalue weighted by Crippen LogP contribution is -2.18. The molecule has 1 nitrogen and oxygen atoms in total. The van der Waals surface area contributed by atoms with Gasteiger partial charge in [0.25, 0.3) is 0 Å². The second kappa shape index (κ2) is 6.01. The average molecular weight is 331 g/mol. The first-order chi connectivity index (χ1) is 8.20. The summed E-state index contributed by atoms with van der Waals surface area (Å²) in [6.45, 7) is 0. The second-order valence-corrected chi connectivity index (χ2v) is 5.88. The molecular weight excluding hydrogens is 318 g/mol. The molecule has 0 aliphatic heterocycles. The Morgan fingerprint density at radius 3 is 2.53 bits per heavy atom. The van der Waals surface area contributed by atoms with E-state index in [1.165, 1.54) is 15.6 Å². The molecule has 0 saturated heterocycles. The van der Waals surface area contributed by atoms with E-state index in [1.807, 2.05) is 19.2 Å². The van der Waals surface area contributed by atoms with Crippen LogP contribution < -0.4 is 5.32 Å². The lowest BCUT2D eigenvalue weighted by Gasteiger charge is -2.16. The lowest BCUT2D eigenvalue weighted by atomic mass is 10.0. The molecule has 0 bridgehead atoms. The highest BCUT2D eigenvalue weighted by Crippen LogP contribution is 2.29. The highest BCUT2D eigenvalue weighted by Gasteiger charge is 2.13. The molecule has 2 aromatic rings. The van der Waals surface area contributed by atoms with E-state index < -0.39 is 0 Å². The fourth-order valence-electron chi connectivity index (χ4n) is 1.76. The first kappa shape index (κ1) is 13.1. The topological polar surface area (TPSA) is 12.0 Å². The molecule has 1 atom stereocenters. The fraction of sp³-hybridized carbons (Fsp3) is 0.231. The molecule has 0 amide bonds. The van der Waals surface area contributed by atoms with Gasteiger partial charge in [-0.25, -0.2) is 0 Å². The summed E-state index contributed by atoms with van der Waals surface area (Å²) in [6, 6.07) is 8.36. The molecule has 90 valence electrons. The van der Waals surface area contributed by atoms with E-state index in [9.17, 15) is 0 Å². The highest BCUT2D eigenvalue weighted by molar-refractivity contribution is 9.10. The Bertz CT molecular complexity index is 480. The maximum atomic E-state index is 5.89. The van der Waals surface area contributed by atoms with Crippen LogP contribution in [0.3, 0.4) is 0 Å². The fourth-order valence-corrected chi connectivity index (χ4v) is 3.52. The van der Waals surface area contributed by atoms with Crippen molar-refractivity contribution in [1.82, 2.24) is 5.32 Å². The molecule has 2 rings (SSSR count). The van der Waals surface area contributed by atoms with Crippen LogP contribution in [0.5, 0.6) is 0 Å². The van der Waals surface area contributed by atoms with E-state index in [-0.39, 0.29) is 0 Å². The van der Waals surface area contributed by atoms with E-state index in [0.717, 1.165) is 11.4 Å². The Balaban J connectivity index is 2.16. The molecule has 0 spiro atoms. The van der Waals surface area contributed by atoms with Crippen LogP contribution in [0.2, 0.25) is 5.02 Å². The van der Waals surface area contributed by atoms with Gasteiger partial charge in [0.15, 0.2) is 0 Å². The zero-order chi connectivity index (χ0) is 12.3. The predicted molar refractivity (Wildman–Crippen MR) is 79.0 cm³/mol. The van der Waals surface area contributed by atoms with Crippen LogP contribution in [0.15, 0.2) is 39.5 Å². The predicted octanol–water partition coefficient (Wildman–Crippen LogP) is 4.67. The summed E-state index contributed by atoms with van der Waals surface area (Å²) in [4.78, 5) is 0. The molecular formula is C13H13BrClNS. The van der Waals surface area contributed by atoms with Crippen molar-refractivity contribution in [3.63, 3.8) is 0 Å². The summed E-state index contributed by atoms with van der Waals surface area (Å²) in [6.07, 6.45) is 0.961. The largest absolute Gasteiger partial charge is 0.313 e. The van der Waals surface area contributed by atoms with Crippen molar-refractivity contribution in [2.24, 2.45) is 0 Å². The summed E-state index contributed by atoms with van der Waals surface area (Å²) in [5, 5.41) is 8.43. The molecule has 1 aromatic carbocycles. The maximum Gasteiger partial charge on any atom is 0.0406 e. The number of rotatable bonds is 4. The van der Waals surface area contributed by atoms with Crippen molar-refractivity contribution in [1.29, 1.82) is 0 Å². The standard InChI is InChI=1S/C13H13BrClNS/c1-16-13(11-7-17-8-12(11)14)6-9-2-4-10(15)5-3-9/h2-5,7-8,13,16H,6H2,1H3. The van der Waals surface area contributed by atoms with Crippen LogP contribution in [0, 0.1) is 0 Å². The second-order valence-electron chi connectivity index (χ2n) is 3.85. The molecule has 1 aromatic heterocycles. The maximum absolute atomic E-state index is 5.89.